The molecule has 0 aromatic heterocycles. The summed E-state index contributed by atoms with van der Waals surface area (Å²) in [5.74, 6) is 0.618. The van der Waals surface area contributed by atoms with Crippen molar-refractivity contribution in [2.75, 3.05) is 45.7 Å². The summed E-state index contributed by atoms with van der Waals surface area (Å²) in [5.41, 5.74) is 0.731. The van der Waals surface area contributed by atoms with Gasteiger partial charge in [0.05, 0.1) is 18.4 Å². The molecule has 1 atom stereocenters. The number of hydrogen-bond acceptors (Lipinski definition) is 7. The lowest BCUT2D eigenvalue weighted by Gasteiger charge is -2.29. The van der Waals surface area contributed by atoms with Gasteiger partial charge in [-0.25, -0.2) is 18.5 Å². The molecule has 3 rings (SSSR count). The van der Waals surface area contributed by atoms with Gasteiger partial charge in [-0.15, -0.1) is 0 Å². The average molecular weight is 489 g/mol. The van der Waals surface area contributed by atoms with Crippen LogP contribution in [0.2, 0.25) is 0 Å². The number of rotatable bonds is 11. The Morgan fingerprint density at radius 2 is 1.91 bits per heavy atom. The Labute approximate surface area is 203 Å². The molecule has 1 aliphatic rings. The molecule has 0 amide bonds. The van der Waals surface area contributed by atoms with Gasteiger partial charge in [0, 0.05) is 13.1 Å². The van der Waals surface area contributed by atoms with Crippen LogP contribution in [0.4, 0.5) is 5.69 Å². The first-order valence-corrected chi connectivity index (χ1v) is 13.3. The molecular formula is C25H36N4O4S. The average Bonchev–Trinajstić information content (AvgIpc) is 2.84. The van der Waals surface area contributed by atoms with Crippen molar-refractivity contribution in [1.29, 1.82) is 4.78 Å². The lowest BCUT2D eigenvalue weighted by molar-refractivity contribution is 0.0600. The van der Waals surface area contributed by atoms with Crippen molar-refractivity contribution in [2.24, 2.45) is 5.92 Å². The number of methoxy groups -OCH3 is 1. The zero-order valence-electron chi connectivity index (χ0n) is 20.3. The molecule has 2 aromatic rings. The highest BCUT2D eigenvalue weighted by Gasteiger charge is 2.25. The van der Waals surface area contributed by atoms with E-state index in [4.69, 9.17) is 14.3 Å². The van der Waals surface area contributed by atoms with Crippen LogP contribution in [0.1, 0.15) is 43.0 Å². The Kier molecular flexibility index (Phi) is 9.32. The number of nitrogens with zero attached hydrogens (tertiary/aromatic N) is 1. The second kappa shape index (κ2) is 12.2. The highest BCUT2D eigenvalue weighted by atomic mass is 32.2. The molecule has 1 heterocycles. The molecule has 9 heteroatoms. The quantitative estimate of drug-likeness (QED) is 0.312. The van der Waals surface area contributed by atoms with Crippen molar-refractivity contribution in [3.63, 3.8) is 0 Å². The van der Waals surface area contributed by atoms with E-state index in [1.807, 2.05) is 18.2 Å². The fourth-order valence-corrected chi connectivity index (χ4v) is 5.20. The molecule has 0 saturated carbocycles. The number of nitrogens with one attached hydrogen (secondary N) is 3. The maximum atomic E-state index is 13.7. The first kappa shape index (κ1) is 26.0. The summed E-state index contributed by atoms with van der Waals surface area (Å²) >= 11 is 0. The van der Waals surface area contributed by atoms with Gasteiger partial charge < -0.3 is 19.7 Å². The van der Waals surface area contributed by atoms with Crippen molar-refractivity contribution >= 4 is 21.6 Å². The van der Waals surface area contributed by atoms with E-state index in [0.717, 1.165) is 38.8 Å². The van der Waals surface area contributed by atoms with Crippen LogP contribution >= 0.6 is 0 Å². The van der Waals surface area contributed by atoms with Gasteiger partial charge >= 0.3 is 5.97 Å². The van der Waals surface area contributed by atoms with Gasteiger partial charge in [-0.3, -0.25) is 0 Å². The van der Waals surface area contributed by atoms with E-state index < -0.39 is 15.9 Å². The molecule has 0 aliphatic carbocycles. The van der Waals surface area contributed by atoms with Gasteiger partial charge in [0.25, 0.3) is 0 Å². The summed E-state index contributed by atoms with van der Waals surface area (Å²) in [6.45, 7) is 5.16. The third kappa shape index (κ3) is 6.94. The van der Waals surface area contributed by atoms with Crippen LogP contribution in [0.3, 0.4) is 0 Å². The van der Waals surface area contributed by atoms with Crippen molar-refractivity contribution in [3.8, 4) is 11.5 Å². The van der Waals surface area contributed by atoms with Gasteiger partial charge in [0.15, 0.2) is 5.75 Å². The third-order valence-electron chi connectivity index (χ3n) is 6.01. The van der Waals surface area contributed by atoms with Crippen molar-refractivity contribution in [1.82, 2.24) is 9.62 Å². The van der Waals surface area contributed by atoms with Gasteiger partial charge in [-0.2, -0.15) is 0 Å². The number of benzene rings is 2. The molecule has 186 valence electrons. The molecule has 1 fully saturated rings. The minimum atomic E-state index is -3.48. The number of ether oxygens (including phenoxy) is 2. The Morgan fingerprint density at radius 3 is 2.56 bits per heavy atom. The second-order valence-electron chi connectivity index (χ2n) is 8.69. The van der Waals surface area contributed by atoms with Crippen LogP contribution in [0.25, 0.3) is 0 Å². The van der Waals surface area contributed by atoms with E-state index in [2.05, 4.69) is 28.9 Å². The zero-order chi connectivity index (χ0) is 24.6. The lowest BCUT2D eigenvalue weighted by atomic mass is 9.98. The highest BCUT2D eigenvalue weighted by molar-refractivity contribution is 7.90. The molecule has 0 bridgehead atoms. The largest absolute Gasteiger partial charge is 0.465 e. The van der Waals surface area contributed by atoms with E-state index in [1.165, 1.54) is 13.2 Å². The minimum absolute atomic E-state index is 0.131. The number of piperidine rings is 1. The SMILES string of the molecule is CCCCNc1cc(C(=O)OC)cc(S(=N)(=O)NCC2CCN(C)CC2)c1Oc1ccccc1. The standard InChI is InChI=1S/C25H36N4O4S/c1-4-5-13-27-22-16-20(25(30)32-3)17-23(24(22)33-21-9-7-6-8-10-21)34(26,31)28-18-19-11-14-29(2)15-12-19/h6-10,16-17,19,27H,4-5,11-15,18H2,1-3H3,(H2,26,28,31). The summed E-state index contributed by atoms with van der Waals surface area (Å²) in [6.07, 6.45) is 3.86. The van der Waals surface area contributed by atoms with Crippen LogP contribution < -0.4 is 14.8 Å². The number of likely N-dealkylation sites (tertiary alicyclic amines) is 1. The highest BCUT2D eigenvalue weighted by Crippen LogP contribution is 2.38. The summed E-state index contributed by atoms with van der Waals surface area (Å²) in [7, 11) is -0.0820. The summed E-state index contributed by atoms with van der Waals surface area (Å²) in [5, 5.41) is 3.30. The number of anilines is 1. The summed E-state index contributed by atoms with van der Waals surface area (Å²) in [4.78, 5) is 14.8. The van der Waals surface area contributed by atoms with Crippen molar-refractivity contribution in [3.05, 3.63) is 48.0 Å². The smallest absolute Gasteiger partial charge is 0.337 e. The predicted octanol–water partition coefficient (Wildman–Crippen LogP) is 4.73. The molecular weight excluding hydrogens is 452 g/mol. The van der Waals surface area contributed by atoms with E-state index in [0.29, 0.717) is 30.4 Å². The number of unbranched alkanes of at least 4 members (excludes halogenated alkanes) is 1. The molecule has 8 nitrogen and oxygen atoms in total. The van der Waals surface area contributed by atoms with Crippen LogP contribution in [0.15, 0.2) is 47.4 Å². The number of carbonyl (C=O) groups excluding carboxylic acids is 1. The van der Waals surface area contributed by atoms with E-state index in [1.54, 1.807) is 18.2 Å². The molecule has 0 radical (unpaired) electrons. The van der Waals surface area contributed by atoms with Crippen LogP contribution in [0, 0.1) is 10.7 Å². The van der Waals surface area contributed by atoms with Gasteiger partial charge in [0.2, 0.25) is 0 Å². The number of hydrogen-bond donors (Lipinski definition) is 3. The van der Waals surface area contributed by atoms with Crippen molar-refractivity contribution < 1.29 is 18.5 Å². The first-order valence-electron chi connectivity index (χ1n) is 11.8. The number of esters is 1. The molecule has 2 aromatic carbocycles. The zero-order valence-corrected chi connectivity index (χ0v) is 21.1. The van der Waals surface area contributed by atoms with Crippen LogP contribution in [-0.2, 0) is 14.7 Å². The topological polar surface area (TPSA) is 104 Å². The fraction of sp³-hybridized carbons (Fsp3) is 0.480. The number of para-hydroxylation sites is 1. The Balaban J connectivity index is 1.99. The predicted molar refractivity (Wildman–Crippen MR) is 135 cm³/mol. The van der Waals surface area contributed by atoms with E-state index in [-0.39, 0.29) is 16.2 Å². The van der Waals surface area contributed by atoms with Gasteiger partial charge in [-0.05, 0) is 69.6 Å². The van der Waals surface area contributed by atoms with Crippen molar-refractivity contribution in [2.45, 2.75) is 37.5 Å². The second-order valence-corrected chi connectivity index (χ2v) is 10.5. The minimum Gasteiger partial charge on any atom is -0.465 e. The Bertz CT molecular complexity index is 1050. The molecule has 34 heavy (non-hydrogen) atoms. The van der Waals surface area contributed by atoms with Gasteiger partial charge in [-0.1, -0.05) is 31.5 Å². The lowest BCUT2D eigenvalue weighted by Crippen LogP contribution is -2.36. The summed E-state index contributed by atoms with van der Waals surface area (Å²) in [6, 6.07) is 12.3. The maximum Gasteiger partial charge on any atom is 0.337 e. The molecule has 1 aliphatic heterocycles. The van der Waals surface area contributed by atoms with Crippen LogP contribution in [-0.4, -0.2) is 55.4 Å². The fourth-order valence-electron chi connectivity index (χ4n) is 3.87. The number of carbonyl (C=O) groups is 1. The molecule has 0 spiro atoms. The molecule has 3 N–H and O–H groups in total. The van der Waals surface area contributed by atoms with Crippen LogP contribution in [0.5, 0.6) is 11.5 Å². The maximum absolute atomic E-state index is 13.7. The Hall–Kier alpha value is -2.62. The van der Waals surface area contributed by atoms with E-state index in [9.17, 15) is 9.00 Å². The third-order valence-corrected chi connectivity index (χ3v) is 7.50. The van der Waals surface area contributed by atoms with E-state index >= 15 is 0 Å². The normalized spacial score (nSPS) is 16.6. The Morgan fingerprint density at radius 1 is 1.21 bits per heavy atom. The first-order chi connectivity index (χ1) is 16.3. The summed E-state index contributed by atoms with van der Waals surface area (Å²) < 4.78 is 36.6. The molecule has 1 unspecified atom stereocenters. The molecule has 1 saturated heterocycles. The monoisotopic (exact) mass is 488 g/mol. The van der Waals surface area contributed by atoms with Gasteiger partial charge in [0.1, 0.15) is 20.6 Å².